The van der Waals surface area contributed by atoms with Crippen LogP contribution in [-0.4, -0.2) is 75.0 Å². The van der Waals surface area contributed by atoms with Crippen molar-refractivity contribution in [2.75, 3.05) is 35.2 Å². The van der Waals surface area contributed by atoms with Crippen molar-refractivity contribution in [1.82, 2.24) is 20.5 Å². The first-order chi connectivity index (χ1) is 16.7. The summed E-state index contributed by atoms with van der Waals surface area (Å²) in [6.07, 6.45) is -2.94. The molecule has 0 aliphatic carbocycles. The molecule has 2 aromatic rings. The van der Waals surface area contributed by atoms with Gasteiger partial charge in [-0.3, -0.25) is 20.2 Å². The van der Waals surface area contributed by atoms with Gasteiger partial charge < -0.3 is 25.7 Å². The van der Waals surface area contributed by atoms with Crippen molar-refractivity contribution < 1.29 is 29.4 Å². The molecule has 1 aliphatic rings. The molecule has 0 atom stereocenters. The lowest BCUT2D eigenvalue weighted by molar-refractivity contribution is -0.114. The molecule has 12 nitrogen and oxygen atoms in total. The number of hydrogen-bond donors (Lipinski definition) is 6. The summed E-state index contributed by atoms with van der Waals surface area (Å²) < 4.78 is 0. The number of nitrogens with one attached hydrogen (secondary N) is 4. The van der Waals surface area contributed by atoms with Crippen LogP contribution in [-0.2, 0) is 17.6 Å². The predicted octanol–water partition coefficient (Wildman–Crippen LogP) is 2.31. The van der Waals surface area contributed by atoms with Crippen molar-refractivity contribution in [3.05, 3.63) is 40.4 Å². The fourth-order valence-electron chi connectivity index (χ4n) is 3.35. The van der Waals surface area contributed by atoms with E-state index in [1.54, 1.807) is 12.1 Å². The van der Waals surface area contributed by atoms with Crippen LogP contribution in [0.2, 0.25) is 0 Å². The van der Waals surface area contributed by atoms with Gasteiger partial charge in [-0.05, 0) is 30.5 Å². The quantitative estimate of drug-likeness (QED) is 0.270. The number of thioether (sulfide) groups is 1. The zero-order valence-corrected chi connectivity index (χ0v) is 20.5. The summed E-state index contributed by atoms with van der Waals surface area (Å²) in [7, 11) is 0. The number of hydrogen-bond acceptors (Lipinski definition) is 8. The Morgan fingerprint density at radius 1 is 1.03 bits per heavy atom. The average molecular weight is 523 g/mol. The Balaban J connectivity index is 1.68. The molecule has 0 bridgehead atoms. The Kier molecular flexibility index (Phi) is 9.14. The van der Waals surface area contributed by atoms with Crippen molar-refractivity contribution in [1.29, 1.82) is 0 Å². The van der Waals surface area contributed by atoms with Crippen LogP contribution in [0, 0.1) is 0 Å². The molecule has 3 rings (SSSR count). The van der Waals surface area contributed by atoms with E-state index in [1.165, 1.54) is 18.3 Å². The van der Waals surface area contributed by atoms with Gasteiger partial charge in [-0.25, -0.2) is 14.6 Å². The summed E-state index contributed by atoms with van der Waals surface area (Å²) in [6.45, 7) is 2.75. The van der Waals surface area contributed by atoms with Gasteiger partial charge in [0.2, 0.25) is 5.91 Å². The minimum absolute atomic E-state index is 0.0724. The fourth-order valence-corrected chi connectivity index (χ4v) is 5.28. The SMILES string of the molecule is CC(=O)Nc1nc(CCc2ccc(NC(NC(=O)O)NC(=O)O)cc2)c(C(=O)N2CCSCC2)s1. The van der Waals surface area contributed by atoms with E-state index in [0.717, 1.165) is 17.1 Å². The molecule has 2 heterocycles. The summed E-state index contributed by atoms with van der Waals surface area (Å²) in [6, 6.07) is 7.00. The molecule has 0 radical (unpaired) electrons. The van der Waals surface area contributed by atoms with E-state index in [-0.39, 0.29) is 11.8 Å². The highest BCUT2D eigenvalue weighted by Gasteiger charge is 2.25. The molecule has 14 heteroatoms. The van der Waals surface area contributed by atoms with Gasteiger partial charge >= 0.3 is 12.2 Å². The second-order valence-electron chi connectivity index (χ2n) is 7.55. The van der Waals surface area contributed by atoms with Crippen LogP contribution in [0.25, 0.3) is 0 Å². The van der Waals surface area contributed by atoms with Crippen LogP contribution in [0.5, 0.6) is 0 Å². The third-order valence-corrected chi connectivity index (χ3v) is 6.87. The summed E-state index contributed by atoms with van der Waals surface area (Å²) in [4.78, 5) is 53.1. The molecular weight excluding hydrogens is 496 g/mol. The normalized spacial score (nSPS) is 13.3. The van der Waals surface area contributed by atoms with Crippen LogP contribution >= 0.6 is 23.1 Å². The number of benzene rings is 1. The van der Waals surface area contributed by atoms with Gasteiger partial charge in [-0.15, -0.1) is 0 Å². The maximum Gasteiger partial charge on any atom is 0.407 e. The smallest absolute Gasteiger partial charge is 0.407 e. The van der Waals surface area contributed by atoms with Crippen molar-refractivity contribution in [3.63, 3.8) is 0 Å². The number of amides is 4. The fraction of sp³-hybridized carbons (Fsp3) is 0.381. The lowest BCUT2D eigenvalue weighted by Crippen LogP contribution is -2.52. The van der Waals surface area contributed by atoms with Crippen LogP contribution in [0.3, 0.4) is 0 Å². The molecular formula is C21H26N6O6S2. The largest absolute Gasteiger partial charge is 0.465 e. The highest BCUT2D eigenvalue weighted by atomic mass is 32.2. The average Bonchev–Trinajstić information content (AvgIpc) is 3.19. The maximum absolute atomic E-state index is 13.1. The number of anilines is 2. The van der Waals surface area contributed by atoms with E-state index in [0.29, 0.717) is 47.3 Å². The number of nitrogens with zero attached hydrogens (tertiary/aromatic N) is 2. The Morgan fingerprint density at radius 3 is 2.23 bits per heavy atom. The topological polar surface area (TPSA) is 173 Å². The van der Waals surface area contributed by atoms with E-state index in [4.69, 9.17) is 10.2 Å². The molecule has 0 unspecified atom stereocenters. The number of carbonyl (C=O) groups is 4. The summed E-state index contributed by atoms with van der Waals surface area (Å²) in [5.74, 6) is 1.46. The van der Waals surface area contributed by atoms with Gasteiger partial charge in [-0.2, -0.15) is 11.8 Å². The van der Waals surface area contributed by atoms with Gasteiger partial charge in [-0.1, -0.05) is 23.5 Å². The number of aryl methyl sites for hydroxylation is 2. The highest BCUT2D eigenvalue weighted by molar-refractivity contribution is 7.99. The number of carboxylic acid groups (broad SMARTS) is 2. The number of rotatable bonds is 9. The Bertz CT molecular complexity index is 1050. The Hall–Kier alpha value is -3.52. The lowest BCUT2D eigenvalue weighted by atomic mass is 10.1. The zero-order chi connectivity index (χ0) is 25.4. The molecule has 1 aliphatic heterocycles. The molecule has 4 amide bonds. The maximum atomic E-state index is 13.1. The first kappa shape index (κ1) is 26.1. The molecule has 0 spiro atoms. The van der Waals surface area contributed by atoms with Crippen molar-refractivity contribution in [2.45, 2.75) is 26.1 Å². The third kappa shape index (κ3) is 8.03. The molecule has 6 N–H and O–H groups in total. The second kappa shape index (κ2) is 12.3. The van der Waals surface area contributed by atoms with E-state index < -0.39 is 18.5 Å². The van der Waals surface area contributed by atoms with E-state index >= 15 is 0 Å². The first-order valence-electron chi connectivity index (χ1n) is 10.7. The predicted molar refractivity (Wildman–Crippen MR) is 133 cm³/mol. The molecule has 1 fully saturated rings. The molecule has 0 saturated carbocycles. The highest BCUT2D eigenvalue weighted by Crippen LogP contribution is 2.27. The lowest BCUT2D eigenvalue weighted by Gasteiger charge is -2.26. The minimum Gasteiger partial charge on any atom is -0.465 e. The number of aromatic nitrogens is 1. The zero-order valence-electron chi connectivity index (χ0n) is 18.9. The van der Waals surface area contributed by atoms with Crippen molar-refractivity contribution in [3.8, 4) is 0 Å². The molecule has 1 saturated heterocycles. The van der Waals surface area contributed by atoms with Crippen LogP contribution in [0.1, 0.15) is 27.9 Å². The van der Waals surface area contributed by atoms with Crippen LogP contribution in [0.15, 0.2) is 24.3 Å². The molecule has 35 heavy (non-hydrogen) atoms. The van der Waals surface area contributed by atoms with Crippen LogP contribution < -0.4 is 21.3 Å². The standard InChI is InChI=1S/C21H26N6O6S2/c1-12(28)22-19-24-15(16(35-19)17(29)27-8-10-34-11-9-27)7-4-13-2-5-14(6-3-13)23-18(25-20(30)31)26-21(32)33/h2-3,5-6,18,23,25-26H,4,7-11H2,1H3,(H,30,31)(H,32,33)(H,22,24,28). The van der Waals surface area contributed by atoms with Crippen LogP contribution in [0.4, 0.5) is 20.4 Å². The summed E-state index contributed by atoms with van der Waals surface area (Å²) >= 11 is 3.00. The van der Waals surface area contributed by atoms with Gasteiger partial charge in [0.1, 0.15) is 4.88 Å². The third-order valence-electron chi connectivity index (χ3n) is 4.92. The van der Waals surface area contributed by atoms with E-state index in [2.05, 4.69) is 15.6 Å². The van der Waals surface area contributed by atoms with Gasteiger partial charge in [0.15, 0.2) is 11.4 Å². The van der Waals surface area contributed by atoms with Gasteiger partial charge in [0.25, 0.3) is 5.91 Å². The number of carbonyl (C=O) groups excluding carboxylic acids is 2. The Labute approximate surface area is 209 Å². The van der Waals surface area contributed by atoms with Gasteiger partial charge in [0, 0.05) is 37.2 Å². The van der Waals surface area contributed by atoms with Crippen molar-refractivity contribution in [2.24, 2.45) is 0 Å². The first-order valence-corrected chi connectivity index (χ1v) is 12.7. The Morgan fingerprint density at radius 2 is 1.66 bits per heavy atom. The minimum atomic E-state index is -1.39. The van der Waals surface area contributed by atoms with Gasteiger partial charge in [0.05, 0.1) is 5.69 Å². The summed E-state index contributed by atoms with van der Waals surface area (Å²) in [5, 5.41) is 27.5. The number of thiazole rings is 1. The van der Waals surface area contributed by atoms with E-state index in [9.17, 15) is 19.2 Å². The van der Waals surface area contributed by atoms with E-state index in [1.807, 2.05) is 39.4 Å². The molecule has 1 aromatic heterocycles. The molecule has 1 aromatic carbocycles. The monoisotopic (exact) mass is 522 g/mol. The van der Waals surface area contributed by atoms with Crippen molar-refractivity contribution >= 4 is 57.9 Å². The summed E-state index contributed by atoms with van der Waals surface area (Å²) in [5.41, 5.74) is 2.06. The molecule has 188 valence electrons. The second-order valence-corrected chi connectivity index (χ2v) is 9.78.